The molecule has 15 heteroatoms. The molecular weight excluding hydrogens is 240 g/mol. The minimum absolute atomic E-state index is 2.86. The van der Waals surface area contributed by atoms with Crippen LogP contribution >= 0.6 is 0 Å². The third-order valence-corrected chi connectivity index (χ3v) is 0.339. The summed E-state index contributed by atoms with van der Waals surface area (Å²) in [7, 11) is 0. The molecule has 0 amide bonds. The average molecular weight is 242 g/mol. The van der Waals surface area contributed by atoms with E-state index in [0.29, 0.717) is 0 Å². The Kier molecular flexibility index (Phi) is 12.9. The van der Waals surface area contributed by atoms with E-state index >= 15 is 0 Å². The minimum Gasteiger partial charge on any atom is -0.219 e. The monoisotopic (exact) mass is 242 g/mol. The molecular formula is H2O15. The first-order chi connectivity index (χ1) is 7.41. The van der Waals surface area contributed by atoms with Crippen LogP contribution in [0.15, 0.2) is 0 Å². The smallest absolute Gasteiger partial charge is 0.000000000000126 e. The highest BCUT2D eigenvalue weighted by Crippen LogP contribution is 1.90. The molecule has 0 rings (SSSR count). The van der Waals surface area contributed by atoms with Crippen LogP contribution in [0.5, 0.6) is 0 Å². The van der Waals surface area contributed by atoms with E-state index in [2.05, 4.69) is 65.5 Å². The molecule has 0 atom stereocenters. The molecule has 0 aliphatic rings. The summed E-state index contributed by atoms with van der Waals surface area (Å²) in [6.45, 7) is 0. The van der Waals surface area contributed by atoms with E-state index in [0.717, 1.165) is 0 Å². The highest BCUT2D eigenvalue weighted by Gasteiger charge is 1.97. The van der Waals surface area contributed by atoms with Crippen molar-refractivity contribution >= 4 is 0 Å². The van der Waals surface area contributed by atoms with E-state index < -0.39 is 0 Å². The summed E-state index contributed by atoms with van der Waals surface area (Å²) >= 11 is 0. The fourth-order valence-electron chi connectivity index (χ4n) is 0.127. The zero-order chi connectivity index (χ0) is 11.2. The molecule has 15 nitrogen and oxygen atoms in total. The fourth-order valence-corrected chi connectivity index (χ4v) is 0.127. The second-order valence-corrected chi connectivity index (χ2v) is 0.898. The van der Waals surface area contributed by atoms with E-state index in [9.17, 15) is 0 Å². The first-order valence-electron chi connectivity index (χ1n) is 2.37. The third-order valence-electron chi connectivity index (χ3n) is 0.339. The van der Waals surface area contributed by atoms with Crippen molar-refractivity contribution in [3.63, 3.8) is 0 Å². The van der Waals surface area contributed by atoms with E-state index in [1.165, 1.54) is 0 Å². The summed E-state index contributed by atoms with van der Waals surface area (Å²) in [5.41, 5.74) is 0. The van der Waals surface area contributed by atoms with Crippen LogP contribution in [0.25, 0.3) is 0 Å². The largest absolute Gasteiger partial charge is 0.219 e. The molecule has 0 aliphatic heterocycles. The van der Waals surface area contributed by atoms with Gasteiger partial charge in [-0.25, -0.2) is 10.5 Å². The van der Waals surface area contributed by atoms with Crippen molar-refractivity contribution in [3.05, 3.63) is 0 Å². The molecule has 0 fully saturated rings. The Morgan fingerprint density at radius 2 is 0.533 bits per heavy atom. The van der Waals surface area contributed by atoms with Crippen LogP contribution in [0, 0.1) is 0 Å². The van der Waals surface area contributed by atoms with Gasteiger partial charge in [-0.1, -0.05) is 0 Å². The van der Waals surface area contributed by atoms with Gasteiger partial charge in [-0.3, -0.25) is 0 Å². The maximum absolute atomic E-state index is 7.44. The molecule has 0 saturated heterocycles. The Labute approximate surface area is 77.4 Å². The predicted molar refractivity (Wildman–Crippen MR) is 19.4 cm³/mol. The van der Waals surface area contributed by atoms with Crippen LogP contribution in [0.4, 0.5) is 0 Å². The minimum atomic E-state index is 2.86. The second-order valence-electron chi connectivity index (χ2n) is 0.898. The highest BCUT2D eigenvalue weighted by atomic mass is 18.0. The van der Waals surface area contributed by atoms with Crippen LogP contribution in [0.1, 0.15) is 0 Å². The number of rotatable bonds is 12. The maximum atomic E-state index is 7.44. The molecule has 0 saturated carbocycles. The van der Waals surface area contributed by atoms with Gasteiger partial charge in [0.15, 0.2) is 0 Å². The van der Waals surface area contributed by atoms with Gasteiger partial charge in [0.2, 0.25) is 0 Å². The molecule has 0 bridgehead atoms. The van der Waals surface area contributed by atoms with Crippen LogP contribution < -0.4 is 0 Å². The van der Waals surface area contributed by atoms with Crippen LogP contribution in [-0.4, -0.2) is 10.5 Å². The predicted octanol–water partition coefficient (Wildman–Crippen LogP) is -0.872. The van der Waals surface area contributed by atoms with Gasteiger partial charge in [0.1, 0.15) is 0 Å². The standard InChI is InChI=1S/H2O15/c1-3-5-7-9-11-13-15-14-12-10-8-6-4-2/h1-2H. The van der Waals surface area contributed by atoms with E-state index in [1.807, 2.05) is 0 Å². The van der Waals surface area contributed by atoms with E-state index in [4.69, 9.17) is 10.5 Å². The first-order valence-corrected chi connectivity index (χ1v) is 2.37. The Morgan fingerprint density at radius 3 is 0.733 bits per heavy atom. The normalized spacial score (nSPS) is 10.8. The average Bonchev–Trinajstić information content (AvgIpc) is 2.26. The molecule has 0 aromatic rings. The Hall–Kier alpha value is -0.600. The highest BCUT2D eigenvalue weighted by molar-refractivity contribution is 3.05. The van der Waals surface area contributed by atoms with Crippen molar-refractivity contribution in [1.29, 1.82) is 0 Å². The Balaban J connectivity index is 2.81. The van der Waals surface area contributed by atoms with Gasteiger partial charge < -0.3 is 0 Å². The number of hydrogen-bond acceptors (Lipinski definition) is 15. The zero-order valence-electron chi connectivity index (χ0n) is 6.20. The van der Waals surface area contributed by atoms with Crippen molar-refractivity contribution in [2.24, 2.45) is 0 Å². The van der Waals surface area contributed by atoms with Gasteiger partial charge in [0.05, 0.1) is 0 Å². The SMILES string of the molecule is OOOOOOOOOOOOOOO. The van der Waals surface area contributed by atoms with Crippen LogP contribution in [-0.2, 0) is 65.5 Å². The lowest BCUT2D eigenvalue weighted by Gasteiger charge is -1.97. The maximum Gasteiger partial charge on any atom is -0.000000000000126 e. The summed E-state index contributed by atoms with van der Waals surface area (Å²) in [5.74, 6) is 0. The molecule has 0 aromatic heterocycles. The van der Waals surface area contributed by atoms with Crippen LogP contribution in [0.3, 0.4) is 0 Å². The van der Waals surface area contributed by atoms with E-state index in [-0.39, 0.29) is 0 Å². The summed E-state index contributed by atoms with van der Waals surface area (Å²) < 4.78 is 0. The van der Waals surface area contributed by atoms with Crippen molar-refractivity contribution in [3.8, 4) is 0 Å². The molecule has 0 aliphatic carbocycles. The van der Waals surface area contributed by atoms with Gasteiger partial charge in [0.25, 0.3) is 0 Å². The molecule has 15 heavy (non-hydrogen) atoms. The van der Waals surface area contributed by atoms with Crippen molar-refractivity contribution in [2.45, 2.75) is 0 Å². The van der Waals surface area contributed by atoms with Crippen LogP contribution in [0.2, 0.25) is 0 Å². The van der Waals surface area contributed by atoms with Gasteiger partial charge in [0, 0.05) is 0 Å². The lowest BCUT2D eigenvalue weighted by molar-refractivity contribution is -0.879. The lowest BCUT2D eigenvalue weighted by Crippen LogP contribution is -2.03. The molecule has 0 radical (unpaired) electrons. The molecule has 0 heterocycles. The van der Waals surface area contributed by atoms with Crippen molar-refractivity contribution < 1.29 is 76.0 Å². The van der Waals surface area contributed by atoms with Crippen molar-refractivity contribution in [1.82, 2.24) is 0 Å². The molecule has 0 aromatic carbocycles. The third kappa shape index (κ3) is 13.4. The molecule has 92 valence electrons. The Bertz CT molecular complexity index is 84.2. The van der Waals surface area contributed by atoms with Gasteiger partial charge in [-0.15, -0.1) is 0 Å². The van der Waals surface area contributed by atoms with Gasteiger partial charge >= 0.3 is 0 Å². The summed E-state index contributed by atoms with van der Waals surface area (Å²) in [6, 6.07) is 0. The molecule has 2 N–H and O–H groups in total. The summed E-state index contributed by atoms with van der Waals surface area (Å²) in [6.07, 6.45) is 0. The van der Waals surface area contributed by atoms with Gasteiger partial charge in [-0.2, -0.15) is 0 Å². The van der Waals surface area contributed by atoms with Crippen molar-refractivity contribution in [2.75, 3.05) is 0 Å². The lowest BCUT2D eigenvalue weighted by atomic mass is 14.0. The quantitative estimate of drug-likeness (QED) is 0.246. The summed E-state index contributed by atoms with van der Waals surface area (Å²) in [5, 5.41) is 57.5. The zero-order valence-corrected chi connectivity index (χ0v) is 6.20. The summed E-state index contributed by atoms with van der Waals surface area (Å²) in [4.78, 5) is 0. The fraction of sp³-hybridized carbons (Fsp3) is 0. The molecule has 0 unspecified atom stereocenters. The number of hydrogen-bond donors (Lipinski definition) is 2. The topological polar surface area (TPSA) is 160 Å². The van der Waals surface area contributed by atoms with Gasteiger partial charge in [-0.05, 0) is 65.5 Å². The second kappa shape index (κ2) is 13.4. The first kappa shape index (κ1) is 14.4. The Morgan fingerprint density at radius 1 is 0.333 bits per heavy atom. The molecule has 0 spiro atoms. The van der Waals surface area contributed by atoms with E-state index in [1.54, 1.807) is 0 Å².